The highest BCUT2D eigenvalue weighted by atomic mass is 16.5. The maximum atomic E-state index is 10.3. The topological polar surface area (TPSA) is 49.7 Å². The molecule has 1 aliphatic carbocycles. The molecule has 1 saturated carbocycles. The minimum absolute atomic E-state index is 0.0666. The molecule has 0 bridgehead atoms. The Kier molecular flexibility index (Phi) is 8.66. The van der Waals surface area contributed by atoms with Gasteiger partial charge < -0.3 is 14.9 Å². The minimum atomic E-state index is -0.269. The second-order valence-electron chi connectivity index (χ2n) is 9.82. The molecule has 0 radical (unpaired) electrons. The van der Waals surface area contributed by atoms with E-state index >= 15 is 0 Å². The van der Waals surface area contributed by atoms with Gasteiger partial charge in [0, 0.05) is 6.42 Å². The van der Waals surface area contributed by atoms with Crippen LogP contribution in [0, 0.1) is 11.3 Å². The van der Waals surface area contributed by atoms with Gasteiger partial charge in [0.1, 0.15) is 0 Å². The van der Waals surface area contributed by atoms with Gasteiger partial charge in [-0.1, -0.05) is 79.7 Å². The molecule has 3 heteroatoms. The lowest BCUT2D eigenvalue weighted by molar-refractivity contribution is -0.122. The highest BCUT2D eigenvalue weighted by Gasteiger charge is 2.55. The standard InChI is InChI=1S/C27H40O3/c1-20(11-7-8-12-21(2)14-10-16-28)13-9-15-22(3)24-17-25-26(4,5)18-23(29)19-27(25,6)30-24/h7-15,23-25,28-29H,16-19H2,1-6H3. The van der Waals surface area contributed by atoms with Crippen LogP contribution in [-0.4, -0.2) is 34.6 Å². The van der Waals surface area contributed by atoms with E-state index in [9.17, 15) is 5.11 Å². The number of aliphatic hydroxyl groups excluding tert-OH is 2. The van der Waals surface area contributed by atoms with Crippen LogP contribution in [0.15, 0.2) is 71.4 Å². The van der Waals surface area contributed by atoms with E-state index in [2.05, 4.69) is 58.9 Å². The SMILES string of the molecule is CC(C=CC=C(C)C1CC2C(C)(C)CC(O)CC2(C)O1)=CC=CC=C(C)C=CCO. The molecule has 0 spiro atoms. The van der Waals surface area contributed by atoms with Crippen molar-refractivity contribution >= 4 is 0 Å². The first-order valence-electron chi connectivity index (χ1n) is 11.1. The zero-order valence-electron chi connectivity index (χ0n) is 19.6. The van der Waals surface area contributed by atoms with E-state index in [1.165, 1.54) is 11.1 Å². The van der Waals surface area contributed by atoms with Crippen molar-refractivity contribution in [2.45, 2.75) is 78.6 Å². The highest BCUT2D eigenvalue weighted by molar-refractivity contribution is 5.29. The van der Waals surface area contributed by atoms with Gasteiger partial charge in [0.05, 0.1) is 24.4 Å². The van der Waals surface area contributed by atoms with Gasteiger partial charge >= 0.3 is 0 Å². The van der Waals surface area contributed by atoms with Crippen LogP contribution >= 0.6 is 0 Å². The smallest absolute Gasteiger partial charge is 0.0796 e. The molecule has 2 fully saturated rings. The van der Waals surface area contributed by atoms with Gasteiger partial charge in [0.25, 0.3) is 0 Å². The molecule has 0 aromatic rings. The van der Waals surface area contributed by atoms with Crippen LogP contribution in [0.2, 0.25) is 0 Å². The molecule has 4 unspecified atom stereocenters. The van der Waals surface area contributed by atoms with Gasteiger partial charge in [-0.3, -0.25) is 0 Å². The van der Waals surface area contributed by atoms with E-state index in [0.717, 1.165) is 24.8 Å². The van der Waals surface area contributed by atoms with E-state index in [-0.39, 0.29) is 29.8 Å². The van der Waals surface area contributed by atoms with Crippen LogP contribution < -0.4 is 0 Å². The largest absolute Gasteiger partial charge is 0.393 e. The van der Waals surface area contributed by atoms with Gasteiger partial charge in [0.2, 0.25) is 0 Å². The summed E-state index contributed by atoms with van der Waals surface area (Å²) in [6.07, 6.45) is 20.6. The maximum absolute atomic E-state index is 10.3. The molecular formula is C27H40O3. The van der Waals surface area contributed by atoms with Crippen LogP contribution in [0.5, 0.6) is 0 Å². The maximum Gasteiger partial charge on any atom is 0.0796 e. The number of hydrogen-bond donors (Lipinski definition) is 2. The summed E-state index contributed by atoms with van der Waals surface area (Å²) in [6.45, 7) is 13.0. The number of fused-ring (bicyclic) bond motifs is 1. The zero-order valence-corrected chi connectivity index (χ0v) is 19.6. The first kappa shape index (κ1) is 24.6. The Balaban J connectivity index is 1.96. The summed E-state index contributed by atoms with van der Waals surface area (Å²) in [4.78, 5) is 0. The van der Waals surface area contributed by atoms with Crippen molar-refractivity contribution in [3.8, 4) is 0 Å². The van der Waals surface area contributed by atoms with Crippen molar-refractivity contribution < 1.29 is 14.9 Å². The predicted octanol–water partition coefficient (Wildman–Crippen LogP) is 5.83. The lowest BCUT2D eigenvalue weighted by atomic mass is 9.60. The van der Waals surface area contributed by atoms with Crippen molar-refractivity contribution in [2.75, 3.05) is 6.61 Å². The van der Waals surface area contributed by atoms with E-state index in [1.807, 2.05) is 31.2 Å². The Hall–Kier alpha value is -1.68. The highest BCUT2D eigenvalue weighted by Crippen LogP contribution is 2.55. The van der Waals surface area contributed by atoms with Crippen molar-refractivity contribution in [3.63, 3.8) is 0 Å². The van der Waals surface area contributed by atoms with Gasteiger partial charge in [-0.05, 0) is 57.4 Å². The normalized spacial score (nSPS) is 33.2. The van der Waals surface area contributed by atoms with Crippen LogP contribution in [-0.2, 0) is 4.74 Å². The fourth-order valence-electron chi connectivity index (χ4n) is 5.05. The Morgan fingerprint density at radius 3 is 2.20 bits per heavy atom. The monoisotopic (exact) mass is 412 g/mol. The van der Waals surface area contributed by atoms with Gasteiger partial charge in [0.15, 0.2) is 0 Å². The second-order valence-corrected chi connectivity index (χ2v) is 9.82. The fourth-order valence-corrected chi connectivity index (χ4v) is 5.05. The molecule has 2 aliphatic rings. The molecule has 0 amide bonds. The third-order valence-corrected chi connectivity index (χ3v) is 6.49. The van der Waals surface area contributed by atoms with E-state index in [1.54, 1.807) is 6.08 Å². The molecule has 1 aliphatic heterocycles. The molecule has 0 aromatic carbocycles. The van der Waals surface area contributed by atoms with Crippen LogP contribution in [0.1, 0.15) is 60.8 Å². The van der Waals surface area contributed by atoms with E-state index in [0.29, 0.717) is 5.92 Å². The summed E-state index contributed by atoms with van der Waals surface area (Å²) in [5.41, 5.74) is 3.38. The van der Waals surface area contributed by atoms with Gasteiger partial charge in [-0.15, -0.1) is 0 Å². The van der Waals surface area contributed by atoms with Crippen molar-refractivity contribution in [2.24, 2.45) is 11.3 Å². The number of aliphatic hydroxyl groups is 2. The molecule has 166 valence electrons. The summed E-state index contributed by atoms with van der Waals surface area (Å²) in [7, 11) is 0. The van der Waals surface area contributed by atoms with Gasteiger partial charge in [-0.2, -0.15) is 0 Å². The Morgan fingerprint density at radius 1 is 0.933 bits per heavy atom. The molecule has 4 atom stereocenters. The summed E-state index contributed by atoms with van der Waals surface area (Å²) in [5, 5.41) is 19.1. The number of allylic oxidation sites excluding steroid dienone is 10. The van der Waals surface area contributed by atoms with E-state index < -0.39 is 0 Å². The summed E-state index contributed by atoms with van der Waals surface area (Å²) < 4.78 is 6.49. The lowest BCUT2D eigenvalue weighted by Gasteiger charge is -2.47. The number of rotatable bonds is 7. The molecule has 1 saturated heterocycles. The summed E-state index contributed by atoms with van der Waals surface area (Å²) in [5.74, 6) is 0.473. The first-order chi connectivity index (χ1) is 14.1. The quantitative estimate of drug-likeness (QED) is 0.517. The molecule has 0 aromatic heterocycles. The number of ether oxygens (including phenoxy) is 1. The summed E-state index contributed by atoms with van der Waals surface area (Å²) >= 11 is 0. The minimum Gasteiger partial charge on any atom is -0.393 e. The van der Waals surface area contributed by atoms with Crippen molar-refractivity contribution in [1.29, 1.82) is 0 Å². The van der Waals surface area contributed by atoms with Crippen LogP contribution in [0.4, 0.5) is 0 Å². The lowest BCUT2D eigenvalue weighted by Crippen LogP contribution is -2.49. The van der Waals surface area contributed by atoms with Gasteiger partial charge in [-0.25, -0.2) is 0 Å². The predicted molar refractivity (Wildman–Crippen MR) is 126 cm³/mol. The van der Waals surface area contributed by atoms with Crippen molar-refractivity contribution in [1.82, 2.24) is 0 Å². The average molecular weight is 413 g/mol. The molecule has 1 heterocycles. The molecule has 30 heavy (non-hydrogen) atoms. The molecule has 3 nitrogen and oxygen atoms in total. The fraction of sp³-hybridized carbons (Fsp3) is 0.556. The summed E-state index contributed by atoms with van der Waals surface area (Å²) in [6, 6.07) is 0. The van der Waals surface area contributed by atoms with Crippen LogP contribution in [0.25, 0.3) is 0 Å². The second kappa shape index (κ2) is 10.6. The van der Waals surface area contributed by atoms with Crippen molar-refractivity contribution in [3.05, 3.63) is 71.4 Å². The Bertz CT molecular complexity index is 763. The number of hydrogen-bond acceptors (Lipinski definition) is 3. The third kappa shape index (κ3) is 6.66. The van der Waals surface area contributed by atoms with E-state index in [4.69, 9.17) is 9.84 Å². The Morgan fingerprint density at radius 2 is 1.57 bits per heavy atom. The molecule has 2 rings (SSSR count). The third-order valence-electron chi connectivity index (χ3n) is 6.49. The van der Waals surface area contributed by atoms with Crippen LogP contribution in [0.3, 0.4) is 0 Å². The molecular weight excluding hydrogens is 372 g/mol. The first-order valence-corrected chi connectivity index (χ1v) is 11.1. The molecule has 2 N–H and O–H groups in total. The average Bonchev–Trinajstić information content (AvgIpc) is 3.01. The zero-order chi connectivity index (χ0) is 22.4. The Labute approximate surface area is 183 Å².